The van der Waals surface area contributed by atoms with E-state index in [0.717, 1.165) is 0 Å². The molecule has 0 saturated carbocycles. The van der Waals surface area contributed by atoms with Crippen molar-refractivity contribution in [2.45, 2.75) is 6.42 Å². The van der Waals surface area contributed by atoms with Gasteiger partial charge in [-0.25, -0.2) is 9.37 Å². The van der Waals surface area contributed by atoms with Gasteiger partial charge >= 0.3 is 0 Å². The summed E-state index contributed by atoms with van der Waals surface area (Å²) in [6, 6.07) is 6.31. The van der Waals surface area contributed by atoms with Crippen molar-refractivity contribution in [1.82, 2.24) is 15.0 Å². The molecule has 0 atom stereocenters. The van der Waals surface area contributed by atoms with Crippen LogP contribution in [0.4, 0.5) is 4.39 Å². The molecule has 4 rings (SSSR count). The number of pyridine rings is 1. The number of methoxy groups -OCH3 is 4. The minimum absolute atomic E-state index is 0.0443. The molecule has 0 bridgehead atoms. The molecule has 2 aromatic heterocycles. The van der Waals surface area contributed by atoms with Crippen LogP contribution in [0.3, 0.4) is 0 Å². The minimum atomic E-state index is -0.471. The zero-order valence-electron chi connectivity index (χ0n) is 17.4. The fourth-order valence-corrected chi connectivity index (χ4v) is 3.43. The average molecular weight is 425 g/mol. The Bertz CT molecular complexity index is 1350. The quantitative estimate of drug-likeness (QED) is 0.507. The Kier molecular flexibility index (Phi) is 5.33. The second-order valence-corrected chi connectivity index (χ2v) is 6.74. The van der Waals surface area contributed by atoms with Crippen LogP contribution in [0.2, 0.25) is 0 Å². The molecule has 2 heterocycles. The van der Waals surface area contributed by atoms with E-state index < -0.39 is 5.82 Å². The van der Waals surface area contributed by atoms with Crippen LogP contribution in [0.5, 0.6) is 23.0 Å². The molecule has 0 saturated heterocycles. The highest BCUT2D eigenvalue weighted by molar-refractivity contribution is 5.84. The number of rotatable bonds is 6. The van der Waals surface area contributed by atoms with Gasteiger partial charge in [-0.2, -0.15) is 0 Å². The lowest BCUT2D eigenvalue weighted by molar-refractivity contribution is 0.355. The number of hydrogen-bond acceptors (Lipinski definition) is 7. The number of hydrogen-bond donors (Lipinski definition) is 1. The first-order chi connectivity index (χ1) is 15.0. The lowest BCUT2D eigenvalue weighted by atomic mass is 10.1. The van der Waals surface area contributed by atoms with Crippen LogP contribution in [-0.2, 0) is 6.42 Å². The molecule has 9 heteroatoms. The molecule has 0 fully saturated rings. The van der Waals surface area contributed by atoms with Gasteiger partial charge in [0.05, 0.1) is 44.9 Å². The number of halogens is 1. The molecule has 31 heavy (non-hydrogen) atoms. The van der Waals surface area contributed by atoms with Gasteiger partial charge in [0.1, 0.15) is 11.6 Å². The van der Waals surface area contributed by atoms with E-state index in [9.17, 15) is 4.79 Å². The monoisotopic (exact) mass is 425 g/mol. The third kappa shape index (κ3) is 3.58. The first-order valence-electron chi connectivity index (χ1n) is 9.33. The Balaban J connectivity index is 1.79. The molecular weight excluding hydrogens is 405 g/mol. The lowest BCUT2D eigenvalue weighted by Gasteiger charge is -2.11. The van der Waals surface area contributed by atoms with Crippen molar-refractivity contribution in [1.29, 1.82) is 0 Å². The lowest BCUT2D eigenvalue weighted by Crippen LogP contribution is -2.13. The summed E-state index contributed by atoms with van der Waals surface area (Å²) in [7, 11) is 5.96. The SMILES string of the molecule is COc1cc2ncc(Cc3nc4cc(OC)c(OC)cc4c(=O)[nH]3)c(F)c2cc1OC. The van der Waals surface area contributed by atoms with Gasteiger partial charge in [0.15, 0.2) is 23.0 Å². The molecule has 4 aromatic rings. The maximum absolute atomic E-state index is 15.2. The zero-order chi connectivity index (χ0) is 22.1. The van der Waals surface area contributed by atoms with Gasteiger partial charge < -0.3 is 23.9 Å². The van der Waals surface area contributed by atoms with E-state index in [-0.39, 0.29) is 22.9 Å². The Morgan fingerprint density at radius 1 is 0.839 bits per heavy atom. The second-order valence-electron chi connectivity index (χ2n) is 6.74. The average Bonchev–Trinajstić information content (AvgIpc) is 2.79. The van der Waals surface area contributed by atoms with Crippen LogP contribution < -0.4 is 24.5 Å². The topological polar surface area (TPSA) is 95.6 Å². The number of nitrogens with one attached hydrogen (secondary N) is 1. The van der Waals surface area contributed by atoms with Crippen molar-refractivity contribution < 1.29 is 23.3 Å². The Hall–Kier alpha value is -3.88. The normalized spacial score (nSPS) is 11.0. The van der Waals surface area contributed by atoms with Crippen LogP contribution in [0.15, 0.2) is 35.3 Å². The molecule has 160 valence electrons. The summed E-state index contributed by atoms with van der Waals surface area (Å²) in [4.78, 5) is 24.1. The van der Waals surface area contributed by atoms with Crippen molar-refractivity contribution in [2.75, 3.05) is 28.4 Å². The van der Waals surface area contributed by atoms with Gasteiger partial charge in [-0.1, -0.05) is 0 Å². The van der Waals surface area contributed by atoms with Crippen molar-refractivity contribution in [3.8, 4) is 23.0 Å². The van der Waals surface area contributed by atoms with Crippen LogP contribution in [0.1, 0.15) is 11.4 Å². The number of fused-ring (bicyclic) bond motifs is 2. The molecule has 0 unspecified atom stereocenters. The summed E-state index contributed by atoms with van der Waals surface area (Å²) < 4.78 is 36.3. The molecule has 2 aromatic carbocycles. The summed E-state index contributed by atoms with van der Waals surface area (Å²) in [5.41, 5.74) is 0.761. The first kappa shape index (κ1) is 20.4. The molecule has 1 N–H and O–H groups in total. The van der Waals surface area contributed by atoms with Crippen molar-refractivity contribution in [2.24, 2.45) is 0 Å². The van der Waals surface area contributed by atoms with E-state index in [4.69, 9.17) is 18.9 Å². The number of H-pyrrole nitrogens is 1. The molecule has 0 radical (unpaired) electrons. The highest BCUT2D eigenvalue weighted by atomic mass is 19.1. The predicted molar refractivity (Wildman–Crippen MR) is 113 cm³/mol. The van der Waals surface area contributed by atoms with E-state index >= 15 is 4.39 Å². The van der Waals surface area contributed by atoms with Crippen LogP contribution in [-0.4, -0.2) is 43.4 Å². The maximum Gasteiger partial charge on any atom is 0.258 e. The summed E-state index contributed by atoms with van der Waals surface area (Å²) in [5.74, 6) is 1.54. The van der Waals surface area contributed by atoms with Crippen molar-refractivity contribution >= 4 is 21.8 Å². The Morgan fingerprint density at radius 3 is 2.00 bits per heavy atom. The Labute approximate surface area is 176 Å². The molecule has 0 spiro atoms. The van der Waals surface area contributed by atoms with Crippen molar-refractivity contribution in [3.05, 3.63) is 58.0 Å². The highest BCUT2D eigenvalue weighted by Gasteiger charge is 2.16. The van der Waals surface area contributed by atoms with Gasteiger partial charge in [-0.15, -0.1) is 0 Å². The maximum atomic E-state index is 15.2. The predicted octanol–water partition coefficient (Wildman–Crippen LogP) is 3.24. The summed E-state index contributed by atoms with van der Waals surface area (Å²) in [6.45, 7) is 0. The fraction of sp³-hybridized carbons (Fsp3) is 0.227. The molecule has 0 aliphatic rings. The zero-order valence-corrected chi connectivity index (χ0v) is 17.4. The number of ether oxygens (including phenoxy) is 4. The van der Waals surface area contributed by atoms with Crippen molar-refractivity contribution in [3.63, 3.8) is 0 Å². The molecule has 0 aliphatic carbocycles. The fourth-order valence-electron chi connectivity index (χ4n) is 3.43. The largest absolute Gasteiger partial charge is 0.493 e. The summed E-state index contributed by atoms with van der Waals surface area (Å²) >= 11 is 0. The standard InChI is InChI=1S/C22H20FN3O5/c1-28-16-6-12-14(8-18(16)30-3)24-10-11(21(12)23)5-20-25-15-9-19(31-4)17(29-2)7-13(15)22(27)26-20/h6-10H,5H2,1-4H3,(H,25,26,27). The number of nitrogens with zero attached hydrogens (tertiary/aromatic N) is 2. The Morgan fingerprint density at radius 2 is 1.39 bits per heavy atom. The number of aromatic amines is 1. The van der Waals surface area contributed by atoms with Gasteiger partial charge in [-0.05, 0) is 12.1 Å². The minimum Gasteiger partial charge on any atom is -0.493 e. The third-order valence-corrected chi connectivity index (χ3v) is 5.00. The third-order valence-electron chi connectivity index (χ3n) is 5.00. The van der Waals surface area contributed by atoms with E-state index in [1.165, 1.54) is 40.7 Å². The van der Waals surface area contributed by atoms with Crippen LogP contribution >= 0.6 is 0 Å². The molecule has 0 aliphatic heterocycles. The first-order valence-corrected chi connectivity index (χ1v) is 9.33. The molecule has 0 amide bonds. The van der Waals surface area contributed by atoms with Gasteiger partial charge in [0.25, 0.3) is 5.56 Å². The van der Waals surface area contributed by atoms with E-state index in [2.05, 4.69) is 15.0 Å². The van der Waals surface area contributed by atoms with Gasteiger partial charge in [0, 0.05) is 35.7 Å². The summed E-state index contributed by atoms with van der Waals surface area (Å²) in [6.07, 6.45) is 1.46. The molecule has 8 nitrogen and oxygen atoms in total. The number of aromatic nitrogens is 3. The van der Waals surface area contributed by atoms with E-state index in [0.29, 0.717) is 45.2 Å². The molecular formula is C22H20FN3O5. The van der Waals surface area contributed by atoms with Gasteiger partial charge in [-0.3, -0.25) is 9.78 Å². The van der Waals surface area contributed by atoms with Crippen LogP contribution in [0, 0.1) is 5.82 Å². The second kappa shape index (κ2) is 8.10. The van der Waals surface area contributed by atoms with E-state index in [1.807, 2.05) is 0 Å². The summed E-state index contributed by atoms with van der Waals surface area (Å²) in [5, 5.41) is 0.625. The van der Waals surface area contributed by atoms with Crippen LogP contribution in [0.25, 0.3) is 21.8 Å². The van der Waals surface area contributed by atoms with Gasteiger partial charge in [0.2, 0.25) is 0 Å². The highest BCUT2D eigenvalue weighted by Crippen LogP contribution is 2.33. The smallest absolute Gasteiger partial charge is 0.258 e. The number of benzene rings is 2. The van der Waals surface area contributed by atoms with E-state index in [1.54, 1.807) is 18.2 Å².